The molecule has 5 heteroatoms. The van der Waals surface area contributed by atoms with E-state index < -0.39 is 0 Å². The molecule has 1 heterocycles. The van der Waals surface area contributed by atoms with Crippen LogP contribution in [-0.2, 0) is 4.79 Å². The van der Waals surface area contributed by atoms with Crippen LogP contribution in [0.4, 0.5) is 0 Å². The highest BCUT2D eigenvalue weighted by Gasteiger charge is 2.26. The van der Waals surface area contributed by atoms with E-state index in [-0.39, 0.29) is 16.8 Å². The van der Waals surface area contributed by atoms with E-state index in [1.165, 1.54) is 0 Å². The summed E-state index contributed by atoms with van der Waals surface area (Å²) in [6.45, 7) is 5.65. The first-order valence-corrected chi connectivity index (χ1v) is 7.88. The van der Waals surface area contributed by atoms with Crippen LogP contribution >= 0.6 is 15.9 Å². The van der Waals surface area contributed by atoms with Gasteiger partial charge in [0.1, 0.15) is 6.61 Å². The largest absolute Gasteiger partial charge is 0.486 e. The maximum Gasteiger partial charge on any atom is 0.236 e. The van der Waals surface area contributed by atoms with Crippen molar-refractivity contribution in [2.45, 2.75) is 31.2 Å². The second kappa shape index (κ2) is 6.97. The highest BCUT2D eigenvalue weighted by molar-refractivity contribution is 9.10. The Bertz CT molecular complexity index is 466. The maximum absolute atomic E-state index is 12.2. The first kappa shape index (κ1) is 15.2. The maximum atomic E-state index is 12.2. The Morgan fingerprint density at radius 3 is 2.75 bits per heavy atom. The second-order valence-corrected chi connectivity index (χ2v) is 5.86. The number of fused-ring (bicyclic) bond motifs is 1. The van der Waals surface area contributed by atoms with Crippen LogP contribution in [0.15, 0.2) is 24.3 Å². The van der Waals surface area contributed by atoms with Gasteiger partial charge in [0, 0.05) is 6.54 Å². The Hall–Kier alpha value is -1.23. The molecule has 0 saturated carbocycles. The first-order valence-electron chi connectivity index (χ1n) is 6.97. The third-order valence-electron chi connectivity index (χ3n) is 3.31. The minimum Gasteiger partial charge on any atom is -0.486 e. The summed E-state index contributed by atoms with van der Waals surface area (Å²) in [6, 6.07) is 7.61. The van der Waals surface area contributed by atoms with Crippen molar-refractivity contribution in [3.05, 3.63) is 24.3 Å². The SMILES string of the molecule is CCC(Br)C(=O)N(CC)CC1COc2ccccc2O1. The molecule has 0 bridgehead atoms. The van der Waals surface area contributed by atoms with E-state index in [4.69, 9.17) is 9.47 Å². The molecule has 2 rings (SSSR count). The van der Waals surface area contributed by atoms with Crippen LogP contribution in [0.5, 0.6) is 11.5 Å². The average Bonchev–Trinajstić information content (AvgIpc) is 2.50. The molecular weight excluding hydrogens is 322 g/mol. The zero-order valence-corrected chi connectivity index (χ0v) is 13.4. The lowest BCUT2D eigenvalue weighted by molar-refractivity contribution is -0.131. The molecule has 0 aromatic heterocycles. The van der Waals surface area contributed by atoms with Gasteiger partial charge in [-0.15, -0.1) is 0 Å². The molecule has 0 saturated heterocycles. The highest BCUT2D eigenvalue weighted by Crippen LogP contribution is 2.31. The molecule has 20 heavy (non-hydrogen) atoms. The molecule has 110 valence electrons. The van der Waals surface area contributed by atoms with Crippen LogP contribution in [0, 0.1) is 0 Å². The van der Waals surface area contributed by atoms with Gasteiger partial charge >= 0.3 is 0 Å². The van der Waals surface area contributed by atoms with Gasteiger partial charge in [0.05, 0.1) is 11.4 Å². The average molecular weight is 342 g/mol. The number of hydrogen-bond donors (Lipinski definition) is 0. The van der Waals surface area contributed by atoms with Crippen molar-refractivity contribution in [2.75, 3.05) is 19.7 Å². The highest BCUT2D eigenvalue weighted by atomic mass is 79.9. The van der Waals surface area contributed by atoms with Gasteiger partial charge in [-0.2, -0.15) is 0 Å². The summed E-state index contributed by atoms with van der Waals surface area (Å²) >= 11 is 3.41. The molecule has 0 fully saturated rings. The standard InChI is InChI=1S/C15H20BrNO3/c1-3-12(16)15(18)17(4-2)9-11-10-19-13-7-5-6-8-14(13)20-11/h5-8,11-12H,3-4,9-10H2,1-2H3. The van der Waals surface area contributed by atoms with Crippen LogP contribution in [0.1, 0.15) is 20.3 Å². The van der Waals surface area contributed by atoms with Crippen molar-refractivity contribution < 1.29 is 14.3 Å². The number of para-hydroxylation sites is 2. The molecule has 0 radical (unpaired) electrons. The number of ether oxygens (including phenoxy) is 2. The number of likely N-dealkylation sites (N-methyl/N-ethyl adjacent to an activating group) is 1. The van der Waals surface area contributed by atoms with Crippen LogP contribution in [-0.4, -0.2) is 41.4 Å². The molecule has 1 aromatic rings. The minimum absolute atomic E-state index is 0.109. The van der Waals surface area contributed by atoms with E-state index in [2.05, 4.69) is 15.9 Å². The molecular formula is C15H20BrNO3. The summed E-state index contributed by atoms with van der Waals surface area (Å²) in [5.41, 5.74) is 0. The van der Waals surface area contributed by atoms with Gasteiger partial charge < -0.3 is 14.4 Å². The van der Waals surface area contributed by atoms with Crippen LogP contribution in [0.2, 0.25) is 0 Å². The van der Waals surface area contributed by atoms with Gasteiger partial charge in [-0.05, 0) is 25.5 Å². The van der Waals surface area contributed by atoms with Crippen molar-refractivity contribution in [3.8, 4) is 11.5 Å². The molecule has 1 aliphatic heterocycles. The number of rotatable bonds is 5. The van der Waals surface area contributed by atoms with Crippen molar-refractivity contribution in [3.63, 3.8) is 0 Å². The van der Waals surface area contributed by atoms with Crippen LogP contribution < -0.4 is 9.47 Å². The monoisotopic (exact) mass is 341 g/mol. The van der Waals surface area contributed by atoms with Crippen molar-refractivity contribution in [1.29, 1.82) is 0 Å². The summed E-state index contributed by atoms with van der Waals surface area (Å²) in [5.74, 6) is 1.63. The number of benzene rings is 1. The fraction of sp³-hybridized carbons (Fsp3) is 0.533. The van der Waals surface area contributed by atoms with Gasteiger partial charge in [0.15, 0.2) is 17.6 Å². The third-order valence-corrected chi connectivity index (χ3v) is 4.35. The molecule has 2 atom stereocenters. The summed E-state index contributed by atoms with van der Waals surface area (Å²) in [5, 5.41) is 0. The van der Waals surface area contributed by atoms with E-state index in [0.717, 1.165) is 17.9 Å². The fourth-order valence-electron chi connectivity index (χ4n) is 2.15. The van der Waals surface area contributed by atoms with Gasteiger partial charge in [-0.1, -0.05) is 35.0 Å². The summed E-state index contributed by atoms with van der Waals surface area (Å²) in [4.78, 5) is 13.9. The summed E-state index contributed by atoms with van der Waals surface area (Å²) in [7, 11) is 0. The molecule has 4 nitrogen and oxygen atoms in total. The zero-order chi connectivity index (χ0) is 14.5. The van der Waals surface area contributed by atoms with E-state index in [1.54, 1.807) is 0 Å². The Morgan fingerprint density at radius 2 is 2.10 bits per heavy atom. The Balaban J connectivity index is 1.98. The minimum atomic E-state index is -0.126. The van der Waals surface area contributed by atoms with Crippen LogP contribution in [0.25, 0.3) is 0 Å². The number of hydrogen-bond acceptors (Lipinski definition) is 3. The number of carbonyl (C=O) groups is 1. The van der Waals surface area contributed by atoms with E-state index in [1.807, 2.05) is 43.0 Å². The first-order chi connectivity index (χ1) is 9.65. The molecule has 0 N–H and O–H groups in total. The van der Waals surface area contributed by atoms with E-state index in [9.17, 15) is 4.79 Å². The molecule has 1 aromatic carbocycles. The zero-order valence-electron chi connectivity index (χ0n) is 11.8. The predicted octanol–water partition coefficient (Wildman–Crippen LogP) is 2.85. The molecule has 2 unspecified atom stereocenters. The number of nitrogens with zero attached hydrogens (tertiary/aromatic N) is 1. The molecule has 0 aliphatic carbocycles. The normalized spacial score (nSPS) is 18.4. The van der Waals surface area contributed by atoms with Crippen molar-refractivity contribution >= 4 is 21.8 Å². The van der Waals surface area contributed by atoms with Gasteiger partial charge in [-0.25, -0.2) is 0 Å². The lowest BCUT2D eigenvalue weighted by Gasteiger charge is -2.31. The van der Waals surface area contributed by atoms with E-state index in [0.29, 0.717) is 19.7 Å². The van der Waals surface area contributed by atoms with Gasteiger partial charge in [-0.3, -0.25) is 4.79 Å². The molecule has 1 amide bonds. The Kier molecular flexibility index (Phi) is 5.29. The van der Waals surface area contributed by atoms with Crippen LogP contribution in [0.3, 0.4) is 0 Å². The topological polar surface area (TPSA) is 38.8 Å². The smallest absolute Gasteiger partial charge is 0.236 e. The van der Waals surface area contributed by atoms with Crippen molar-refractivity contribution in [1.82, 2.24) is 4.90 Å². The summed E-state index contributed by atoms with van der Waals surface area (Å²) in [6.07, 6.45) is 0.658. The number of alkyl halides is 1. The predicted molar refractivity (Wildman–Crippen MR) is 81.6 cm³/mol. The second-order valence-electron chi connectivity index (χ2n) is 4.75. The quantitative estimate of drug-likeness (QED) is 0.773. The number of halogens is 1. The van der Waals surface area contributed by atoms with Gasteiger partial charge in [0.25, 0.3) is 0 Å². The molecule has 1 aliphatic rings. The van der Waals surface area contributed by atoms with Crippen molar-refractivity contribution in [2.24, 2.45) is 0 Å². The van der Waals surface area contributed by atoms with E-state index >= 15 is 0 Å². The lowest BCUT2D eigenvalue weighted by atomic mass is 10.2. The fourth-order valence-corrected chi connectivity index (χ4v) is 2.44. The Labute approximate surface area is 128 Å². The number of amides is 1. The third kappa shape index (κ3) is 3.45. The lowest BCUT2D eigenvalue weighted by Crippen LogP contribution is -2.45. The van der Waals surface area contributed by atoms with Gasteiger partial charge in [0.2, 0.25) is 5.91 Å². The molecule has 0 spiro atoms. The Morgan fingerprint density at radius 1 is 1.40 bits per heavy atom. The number of carbonyl (C=O) groups excluding carboxylic acids is 1. The summed E-state index contributed by atoms with van der Waals surface area (Å²) < 4.78 is 11.6.